The van der Waals surface area contributed by atoms with Crippen LogP contribution in [-0.4, -0.2) is 29.8 Å². The van der Waals surface area contributed by atoms with Gasteiger partial charge >= 0.3 is 5.97 Å². The van der Waals surface area contributed by atoms with Crippen molar-refractivity contribution in [1.29, 1.82) is 0 Å². The number of aliphatic hydroxyl groups is 1. The van der Waals surface area contributed by atoms with Gasteiger partial charge in [-0.05, 0) is 12.8 Å². The Bertz CT molecular complexity index is 184. The molecule has 1 aliphatic rings. The largest absolute Gasteiger partial charge is 0.460 e. The molecule has 3 atom stereocenters. The lowest BCUT2D eigenvalue weighted by Gasteiger charge is -2.14. The Labute approximate surface area is 78.1 Å². The van der Waals surface area contributed by atoms with E-state index in [0.717, 1.165) is 12.8 Å². The van der Waals surface area contributed by atoms with E-state index in [-0.39, 0.29) is 24.6 Å². The van der Waals surface area contributed by atoms with Crippen molar-refractivity contribution in [1.82, 2.24) is 0 Å². The molecule has 0 radical (unpaired) electrons. The van der Waals surface area contributed by atoms with Crippen LogP contribution in [0.15, 0.2) is 0 Å². The Kier molecular flexibility index (Phi) is 3.69. The lowest BCUT2D eigenvalue weighted by Crippen LogP contribution is -2.37. The number of ether oxygens (including phenoxy) is 1. The van der Waals surface area contributed by atoms with Crippen molar-refractivity contribution < 1.29 is 14.6 Å². The maximum Gasteiger partial charge on any atom is 0.309 e. The first kappa shape index (κ1) is 10.5. The number of carbonyl (C=O) groups is 1. The fourth-order valence-corrected chi connectivity index (χ4v) is 1.63. The van der Waals surface area contributed by atoms with Gasteiger partial charge in [0.1, 0.15) is 6.10 Å². The molecule has 4 nitrogen and oxygen atoms in total. The lowest BCUT2D eigenvalue weighted by atomic mass is 9.97. The Balaban J connectivity index is 2.44. The van der Waals surface area contributed by atoms with Gasteiger partial charge in [-0.2, -0.15) is 0 Å². The summed E-state index contributed by atoms with van der Waals surface area (Å²) >= 11 is 0. The molecule has 0 aromatic carbocycles. The summed E-state index contributed by atoms with van der Waals surface area (Å²) < 4.78 is 5.06. The highest BCUT2D eigenvalue weighted by atomic mass is 16.6. The van der Waals surface area contributed by atoms with Crippen molar-refractivity contribution in [3.05, 3.63) is 0 Å². The zero-order chi connectivity index (χ0) is 9.84. The molecule has 0 spiro atoms. The van der Waals surface area contributed by atoms with Crippen LogP contribution < -0.4 is 5.73 Å². The average molecular weight is 187 g/mol. The quantitative estimate of drug-likeness (QED) is 0.609. The average Bonchev–Trinajstić information content (AvgIpc) is 2.47. The van der Waals surface area contributed by atoms with E-state index in [9.17, 15) is 4.79 Å². The van der Waals surface area contributed by atoms with Crippen LogP contribution in [0.2, 0.25) is 0 Å². The standard InChI is InChI=1S/C9H17NO3/c1-2-3-6-4-8(7(10)5-11)13-9(6)12/h6-8,11H,2-5,10H2,1H3/t6-,7+,8+/m1/s1. The highest BCUT2D eigenvalue weighted by Crippen LogP contribution is 2.26. The summed E-state index contributed by atoms with van der Waals surface area (Å²) in [5.74, 6) is -0.164. The second-order valence-electron chi connectivity index (χ2n) is 3.54. The predicted molar refractivity (Wildman–Crippen MR) is 48.0 cm³/mol. The normalized spacial score (nSPS) is 30.2. The summed E-state index contributed by atoms with van der Waals surface area (Å²) in [5, 5.41) is 8.78. The van der Waals surface area contributed by atoms with Gasteiger partial charge in [0, 0.05) is 0 Å². The molecule has 1 saturated heterocycles. The van der Waals surface area contributed by atoms with E-state index in [4.69, 9.17) is 15.6 Å². The minimum Gasteiger partial charge on any atom is -0.460 e. The Morgan fingerprint density at radius 2 is 2.46 bits per heavy atom. The molecule has 0 bridgehead atoms. The number of aliphatic hydroxyl groups excluding tert-OH is 1. The van der Waals surface area contributed by atoms with E-state index in [0.29, 0.717) is 6.42 Å². The summed E-state index contributed by atoms with van der Waals surface area (Å²) in [6, 6.07) is -0.425. The summed E-state index contributed by atoms with van der Waals surface area (Å²) in [4.78, 5) is 11.2. The first-order chi connectivity index (χ1) is 6.19. The number of carbonyl (C=O) groups excluding carboxylic acids is 1. The number of cyclic esters (lactones) is 1. The molecule has 0 unspecified atom stereocenters. The highest BCUT2D eigenvalue weighted by Gasteiger charge is 2.36. The number of nitrogens with two attached hydrogens (primary N) is 1. The maximum absolute atomic E-state index is 11.2. The SMILES string of the molecule is CCC[C@@H]1C[C@@H]([C@@H](N)CO)OC1=O. The molecule has 13 heavy (non-hydrogen) atoms. The summed E-state index contributed by atoms with van der Waals surface area (Å²) in [6.07, 6.45) is 2.21. The van der Waals surface area contributed by atoms with Gasteiger partial charge in [-0.15, -0.1) is 0 Å². The fourth-order valence-electron chi connectivity index (χ4n) is 1.63. The molecule has 0 aliphatic carbocycles. The molecule has 3 N–H and O–H groups in total. The molecule has 0 amide bonds. The van der Waals surface area contributed by atoms with E-state index in [2.05, 4.69) is 0 Å². The third-order valence-corrected chi connectivity index (χ3v) is 2.44. The Morgan fingerprint density at radius 3 is 3.00 bits per heavy atom. The second-order valence-corrected chi connectivity index (χ2v) is 3.54. The van der Waals surface area contributed by atoms with E-state index >= 15 is 0 Å². The van der Waals surface area contributed by atoms with Crippen molar-refractivity contribution >= 4 is 5.97 Å². The van der Waals surface area contributed by atoms with Crippen LogP contribution in [0.4, 0.5) is 0 Å². The van der Waals surface area contributed by atoms with Crippen molar-refractivity contribution in [3.8, 4) is 0 Å². The zero-order valence-electron chi connectivity index (χ0n) is 7.90. The number of hydrogen-bond donors (Lipinski definition) is 2. The number of hydrogen-bond acceptors (Lipinski definition) is 4. The van der Waals surface area contributed by atoms with Gasteiger partial charge in [-0.3, -0.25) is 4.79 Å². The molecule has 1 fully saturated rings. The van der Waals surface area contributed by atoms with Crippen LogP contribution in [-0.2, 0) is 9.53 Å². The van der Waals surface area contributed by atoms with Crippen molar-refractivity contribution in [3.63, 3.8) is 0 Å². The van der Waals surface area contributed by atoms with Crippen LogP contribution >= 0.6 is 0 Å². The van der Waals surface area contributed by atoms with Crippen LogP contribution in [0.25, 0.3) is 0 Å². The lowest BCUT2D eigenvalue weighted by molar-refractivity contribution is -0.145. The van der Waals surface area contributed by atoms with Gasteiger partial charge in [-0.1, -0.05) is 13.3 Å². The monoisotopic (exact) mass is 187 g/mol. The second kappa shape index (κ2) is 4.58. The van der Waals surface area contributed by atoms with Crippen LogP contribution in [0.3, 0.4) is 0 Å². The first-order valence-electron chi connectivity index (χ1n) is 4.76. The highest BCUT2D eigenvalue weighted by molar-refractivity contribution is 5.74. The topological polar surface area (TPSA) is 72.6 Å². The molecule has 76 valence electrons. The van der Waals surface area contributed by atoms with E-state index in [1.165, 1.54) is 0 Å². The third kappa shape index (κ3) is 2.42. The molecule has 0 saturated carbocycles. The van der Waals surface area contributed by atoms with Crippen molar-refractivity contribution in [2.75, 3.05) is 6.61 Å². The molecule has 4 heteroatoms. The summed E-state index contributed by atoms with van der Waals surface area (Å²) in [7, 11) is 0. The molecular weight excluding hydrogens is 170 g/mol. The van der Waals surface area contributed by atoms with Gasteiger partial charge in [0.15, 0.2) is 0 Å². The Hall–Kier alpha value is -0.610. The molecule has 1 heterocycles. The van der Waals surface area contributed by atoms with Crippen LogP contribution in [0.1, 0.15) is 26.2 Å². The van der Waals surface area contributed by atoms with Crippen LogP contribution in [0.5, 0.6) is 0 Å². The van der Waals surface area contributed by atoms with Gasteiger partial charge < -0.3 is 15.6 Å². The minimum absolute atomic E-state index is 0.00685. The van der Waals surface area contributed by atoms with Crippen LogP contribution in [0, 0.1) is 5.92 Å². The summed E-state index contributed by atoms with van der Waals surface area (Å²) in [6.45, 7) is 1.91. The van der Waals surface area contributed by atoms with Gasteiger partial charge in [0.2, 0.25) is 0 Å². The van der Waals surface area contributed by atoms with E-state index in [1.54, 1.807) is 0 Å². The van der Waals surface area contributed by atoms with Gasteiger partial charge in [0.05, 0.1) is 18.6 Å². The molecular formula is C9H17NO3. The smallest absolute Gasteiger partial charge is 0.309 e. The Morgan fingerprint density at radius 1 is 1.77 bits per heavy atom. The maximum atomic E-state index is 11.2. The molecule has 0 aromatic rings. The zero-order valence-corrected chi connectivity index (χ0v) is 7.90. The van der Waals surface area contributed by atoms with E-state index < -0.39 is 6.04 Å². The fraction of sp³-hybridized carbons (Fsp3) is 0.889. The number of esters is 1. The van der Waals surface area contributed by atoms with Gasteiger partial charge in [0.25, 0.3) is 0 Å². The molecule has 1 rings (SSSR count). The number of rotatable bonds is 4. The van der Waals surface area contributed by atoms with E-state index in [1.807, 2.05) is 6.92 Å². The molecule has 0 aromatic heterocycles. The predicted octanol–water partition coefficient (Wildman–Crippen LogP) is 0.0378. The van der Waals surface area contributed by atoms with Crippen molar-refractivity contribution in [2.24, 2.45) is 11.7 Å². The van der Waals surface area contributed by atoms with Gasteiger partial charge in [-0.25, -0.2) is 0 Å². The minimum atomic E-state index is -0.425. The molecule has 1 aliphatic heterocycles. The first-order valence-corrected chi connectivity index (χ1v) is 4.76. The third-order valence-electron chi connectivity index (χ3n) is 2.44. The van der Waals surface area contributed by atoms with Crippen molar-refractivity contribution in [2.45, 2.75) is 38.3 Å². The summed E-state index contributed by atoms with van der Waals surface area (Å²) in [5.41, 5.74) is 5.57.